The summed E-state index contributed by atoms with van der Waals surface area (Å²) in [5.41, 5.74) is 0. The van der Waals surface area contributed by atoms with E-state index in [1.807, 2.05) is 0 Å². The third kappa shape index (κ3) is 24.1. The average molecular weight is 431 g/mol. The highest BCUT2D eigenvalue weighted by Crippen LogP contribution is 2.24. The van der Waals surface area contributed by atoms with Crippen molar-refractivity contribution in [3.8, 4) is 0 Å². The SMILES string of the molecule is CCCCCC(CCCCCCCCCC(O)O)CCCCCCCCCC(O)O. The standard InChI is InChI=1S/C26H54O4/c1-2-3-14-19-24(20-15-10-6-4-8-12-17-22-25(27)28)21-16-11-7-5-9-13-18-23-26(29)30/h24-30H,2-23H2,1H3. The maximum Gasteiger partial charge on any atom is 0.151 e. The molecule has 30 heavy (non-hydrogen) atoms. The fourth-order valence-corrected chi connectivity index (χ4v) is 4.40. The van der Waals surface area contributed by atoms with Gasteiger partial charge in [-0.2, -0.15) is 0 Å². The van der Waals surface area contributed by atoms with Crippen LogP contribution in [0.2, 0.25) is 0 Å². The van der Waals surface area contributed by atoms with E-state index in [0.29, 0.717) is 12.8 Å². The van der Waals surface area contributed by atoms with Crippen LogP contribution in [-0.4, -0.2) is 33.0 Å². The molecule has 0 aliphatic heterocycles. The highest BCUT2D eigenvalue weighted by molar-refractivity contribution is 4.62. The highest BCUT2D eigenvalue weighted by atomic mass is 16.5. The number of unbranched alkanes of at least 4 members (excludes halogenated alkanes) is 14. The molecule has 0 bridgehead atoms. The van der Waals surface area contributed by atoms with E-state index in [2.05, 4.69) is 6.92 Å². The molecule has 0 amide bonds. The summed E-state index contributed by atoms with van der Waals surface area (Å²) in [6.07, 6.45) is 24.4. The molecule has 0 aromatic rings. The molecule has 182 valence electrons. The third-order valence-electron chi connectivity index (χ3n) is 6.37. The first-order valence-corrected chi connectivity index (χ1v) is 13.3. The van der Waals surface area contributed by atoms with Crippen LogP contribution in [0.25, 0.3) is 0 Å². The Balaban J connectivity index is 3.65. The molecule has 0 unspecified atom stereocenters. The van der Waals surface area contributed by atoms with Crippen LogP contribution in [0.3, 0.4) is 0 Å². The number of aliphatic hydroxyl groups excluding tert-OH is 2. The van der Waals surface area contributed by atoms with Crippen LogP contribution >= 0.6 is 0 Å². The van der Waals surface area contributed by atoms with Crippen molar-refractivity contribution in [2.75, 3.05) is 0 Å². The van der Waals surface area contributed by atoms with Crippen LogP contribution in [-0.2, 0) is 0 Å². The maximum atomic E-state index is 8.85. The Kier molecular flexibility index (Phi) is 23.4. The van der Waals surface area contributed by atoms with E-state index in [1.165, 1.54) is 103 Å². The Hall–Kier alpha value is -0.160. The average Bonchev–Trinajstić information content (AvgIpc) is 2.70. The van der Waals surface area contributed by atoms with E-state index in [0.717, 1.165) is 31.6 Å². The van der Waals surface area contributed by atoms with Crippen molar-refractivity contribution in [1.82, 2.24) is 0 Å². The van der Waals surface area contributed by atoms with Gasteiger partial charge in [0, 0.05) is 0 Å². The smallest absolute Gasteiger partial charge is 0.151 e. The summed E-state index contributed by atoms with van der Waals surface area (Å²) in [6.45, 7) is 2.29. The molecule has 4 heteroatoms. The number of rotatable bonds is 24. The second-order valence-electron chi connectivity index (χ2n) is 9.43. The highest BCUT2D eigenvalue weighted by Gasteiger charge is 2.08. The minimum absolute atomic E-state index is 0.521. The summed E-state index contributed by atoms with van der Waals surface area (Å²) in [4.78, 5) is 0. The molecule has 4 nitrogen and oxygen atoms in total. The lowest BCUT2D eigenvalue weighted by Gasteiger charge is -2.17. The van der Waals surface area contributed by atoms with Crippen LogP contribution in [0.15, 0.2) is 0 Å². The van der Waals surface area contributed by atoms with E-state index in [1.54, 1.807) is 0 Å². The van der Waals surface area contributed by atoms with Crippen LogP contribution in [0.5, 0.6) is 0 Å². The lowest BCUT2D eigenvalue weighted by molar-refractivity contribution is -0.0472. The lowest BCUT2D eigenvalue weighted by Crippen LogP contribution is -2.03. The summed E-state index contributed by atoms with van der Waals surface area (Å²) < 4.78 is 0. The second-order valence-corrected chi connectivity index (χ2v) is 9.43. The topological polar surface area (TPSA) is 80.9 Å². The molecule has 0 aromatic heterocycles. The third-order valence-corrected chi connectivity index (χ3v) is 6.37. The van der Waals surface area contributed by atoms with Gasteiger partial charge in [0.05, 0.1) is 0 Å². The first-order chi connectivity index (χ1) is 14.6. The van der Waals surface area contributed by atoms with Crippen molar-refractivity contribution in [2.45, 2.75) is 161 Å². The van der Waals surface area contributed by atoms with Crippen LogP contribution in [0.1, 0.15) is 148 Å². The molecule has 0 aliphatic carbocycles. The van der Waals surface area contributed by atoms with Crippen LogP contribution in [0.4, 0.5) is 0 Å². The van der Waals surface area contributed by atoms with Crippen molar-refractivity contribution >= 4 is 0 Å². The predicted molar refractivity (Wildman–Crippen MR) is 127 cm³/mol. The Morgan fingerprint density at radius 2 is 0.633 bits per heavy atom. The van der Waals surface area contributed by atoms with Crippen molar-refractivity contribution in [1.29, 1.82) is 0 Å². The summed E-state index contributed by atoms with van der Waals surface area (Å²) in [5, 5.41) is 35.4. The zero-order chi connectivity index (χ0) is 22.3. The van der Waals surface area contributed by atoms with Gasteiger partial charge < -0.3 is 20.4 Å². The summed E-state index contributed by atoms with van der Waals surface area (Å²) in [7, 11) is 0. The van der Waals surface area contributed by atoms with E-state index in [-0.39, 0.29) is 0 Å². The van der Waals surface area contributed by atoms with Gasteiger partial charge in [-0.25, -0.2) is 0 Å². The lowest BCUT2D eigenvalue weighted by atomic mass is 9.89. The van der Waals surface area contributed by atoms with Gasteiger partial charge >= 0.3 is 0 Å². The molecule has 0 rings (SSSR count). The van der Waals surface area contributed by atoms with E-state index in [4.69, 9.17) is 20.4 Å². The number of hydrogen-bond acceptors (Lipinski definition) is 4. The van der Waals surface area contributed by atoms with Crippen molar-refractivity contribution in [3.05, 3.63) is 0 Å². The minimum atomic E-state index is -1.12. The van der Waals surface area contributed by atoms with Crippen LogP contribution < -0.4 is 0 Å². The zero-order valence-electron chi connectivity index (χ0n) is 20.1. The molecule has 0 spiro atoms. The summed E-state index contributed by atoms with van der Waals surface area (Å²) in [6, 6.07) is 0. The van der Waals surface area contributed by atoms with E-state index >= 15 is 0 Å². The molecule has 0 fully saturated rings. The van der Waals surface area contributed by atoms with Gasteiger partial charge in [0.25, 0.3) is 0 Å². The summed E-state index contributed by atoms with van der Waals surface area (Å²) in [5.74, 6) is 0.925. The quantitative estimate of drug-likeness (QED) is 0.0999. The van der Waals surface area contributed by atoms with E-state index < -0.39 is 12.6 Å². The minimum Gasteiger partial charge on any atom is -0.368 e. The molecule has 4 N–H and O–H groups in total. The normalized spacial score (nSPS) is 12.0. The Labute approximate surface area is 187 Å². The molecule has 0 radical (unpaired) electrons. The van der Waals surface area contributed by atoms with Gasteiger partial charge in [-0.15, -0.1) is 0 Å². The Morgan fingerprint density at radius 1 is 0.367 bits per heavy atom. The van der Waals surface area contributed by atoms with E-state index in [9.17, 15) is 0 Å². The molecule has 0 heterocycles. The van der Waals surface area contributed by atoms with Gasteiger partial charge in [-0.1, -0.05) is 122 Å². The van der Waals surface area contributed by atoms with Crippen molar-refractivity contribution < 1.29 is 20.4 Å². The number of hydrogen-bond donors (Lipinski definition) is 4. The largest absolute Gasteiger partial charge is 0.368 e. The van der Waals surface area contributed by atoms with Crippen molar-refractivity contribution in [3.63, 3.8) is 0 Å². The van der Waals surface area contributed by atoms with Gasteiger partial charge in [0.2, 0.25) is 0 Å². The molecule has 0 aromatic carbocycles. The predicted octanol–water partition coefficient (Wildman–Crippen LogP) is 6.83. The van der Waals surface area contributed by atoms with Crippen LogP contribution in [0, 0.1) is 5.92 Å². The monoisotopic (exact) mass is 430 g/mol. The maximum absolute atomic E-state index is 8.85. The first kappa shape index (κ1) is 29.8. The fourth-order valence-electron chi connectivity index (χ4n) is 4.40. The summed E-state index contributed by atoms with van der Waals surface area (Å²) >= 11 is 0. The molecule has 0 saturated heterocycles. The molecular weight excluding hydrogens is 376 g/mol. The number of aliphatic hydroxyl groups is 4. The van der Waals surface area contributed by atoms with Gasteiger partial charge in [0.15, 0.2) is 12.6 Å². The van der Waals surface area contributed by atoms with Gasteiger partial charge in [0.1, 0.15) is 0 Å². The molecule has 0 aliphatic rings. The second kappa shape index (κ2) is 23.5. The van der Waals surface area contributed by atoms with Crippen molar-refractivity contribution in [2.24, 2.45) is 5.92 Å². The Morgan fingerprint density at radius 3 is 0.933 bits per heavy atom. The first-order valence-electron chi connectivity index (χ1n) is 13.3. The molecular formula is C26H54O4. The van der Waals surface area contributed by atoms with Gasteiger partial charge in [-0.3, -0.25) is 0 Å². The fraction of sp³-hybridized carbons (Fsp3) is 1.00. The zero-order valence-corrected chi connectivity index (χ0v) is 20.1. The molecule has 0 saturated carbocycles. The van der Waals surface area contributed by atoms with Gasteiger partial charge in [-0.05, 0) is 31.6 Å². The molecule has 0 atom stereocenters. The Bertz CT molecular complexity index is 294.